The molecule has 0 unspecified atom stereocenters. The SMILES string of the molecule is CC(=O)Nc1cc(C)c(Br)cc1-c1ccnn1CC1CCC1. The van der Waals surface area contributed by atoms with Gasteiger partial charge in [-0.1, -0.05) is 22.4 Å². The van der Waals surface area contributed by atoms with Crippen molar-refractivity contribution in [2.45, 2.75) is 39.7 Å². The van der Waals surface area contributed by atoms with Crippen LogP contribution in [-0.4, -0.2) is 15.7 Å². The zero-order valence-electron chi connectivity index (χ0n) is 12.9. The van der Waals surface area contributed by atoms with Crippen LogP contribution in [0.25, 0.3) is 11.3 Å². The minimum atomic E-state index is -0.0620. The summed E-state index contributed by atoms with van der Waals surface area (Å²) in [6.45, 7) is 4.50. The number of rotatable bonds is 4. The van der Waals surface area contributed by atoms with Crippen molar-refractivity contribution in [3.05, 3.63) is 34.4 Å². The maximum Gasteiger partial charge on any atom is 0.221 e. The van der Waals surface area contributed by atoms with Gasteiger partial charge in [-0.2, -0.15) is 5.10 Å². The van der Waals surface area contributed by atoms with Crippen LogP contribution < -0.4 is 5.32 Å². The molecule has 1 fully saturated rings. The molecule has 2 aromatic rings. The molecule has 0 radical (unpaired) electrons. The fourth-order valence-electron chi connectivity index (χ4n) is 2.81. The summed E-state index contributed by atoms with van der Waals surface area (Å²) >= 11 is 3.59. The Morgan fingerprint density at radius 2 is 2.23 bits per heavy atom. The van der Waals surface area contributed by atoms with Gasteiger partial charge in [0.2, 0.25) is 5.91 Å². The lowest BCUT2D eigenvalue weighted by Crippen LogP contribution is -2.19. The van der Waals surface area contributed by atoms with Gasteiger partial charge in [0, 0.05) is 29.7 Å². The van der Waals surface area contributed by atoms with Gasteiger partial charge in [0.25, 0.3) is 0 Å². The Bertz CT molecular complexity index is 704. The van der Waals surface area contributed by atoms with E-state index in [0.29, 0.717) is 0 Å². The predicted molar refractivity (Wildman–Crippen MR) is 91.7 cm³/mol. The van der Waals surface area contributed by atoms with Gasteiger partial charge in [0.15, 0.2) is 0 Å². The van der Waals surface area contributed by atoms with Crippen LogP contribution in [0.2, 0.25) is 0 Å². The van der Waals surface area contributed by atoms with Crippen molar-refractivity contribution in [1.29, 1.82) is 0 Å². The Morgan fingerprint density at radius 3 is 2.86 bits per heavy atom. The zero-order valence-corrected chi connectivity index (χ0v) is 14.5. The standard InChI is InChI=1S/C17H20BrN3O/c1-11-8-16(20-12(2)22)14(9-15(11)18)17-6-7-19-21(17)10-13-4-3-5-13/h6-9,13H,3-5,10H2,1-2H3,(H,20,22). The number of aryl methyl sites for hydroxylation is 1. The topological polar surface area (TPSA) is 46.9 Å². The number of carbonyl (C=O) groups is 1. The van der Waals surface area contributed by atoms with E-state index < -0.39 is 0 Å². The lowest BCUT2D eigenvalue weighted by atomic mass is 9.85. The summed E-state index contributed by atoms with van der Waals surface area (Å²) in [6, 6.07) is 6.08. The van der Waals surface area contributed by atoms with Gasteiger partial charge in [0.05, 0.1) is 11.4 Å². The molecule has 3 rings (SSSR count). The van der Waals surface area contributed by atoms with Gasteiger partial charge >= 0.3 is 0 Å². The molecular formula is C17H20BrN3O. The Hall–Kier alpha value is -1.62. The summed E-state index contributed by atoms with van der Waals surface area (Å²) < 4.78 is 3.10. The van der Waals surface area contributed by atoms with Crippen molar-refractivity contribution in [3.8, 4) is 11.3 Å². The van der Waals surface area contributed by atoms with Gasteiger partial charge in [-0.3, -0.25) is 9.48 Å². The van der Waals surface area contributed by atoms with Crippen molar-refractivity contribution in [2.75, 3.05) is 5.32 Å². The van der Waals surface area contributed by atoms with E-state index in [1.807, 2.05) is 25.3 Å². The molecule has 0 atom stereocenters. The average molecular weight is 362 g/mol. The highest BCUT2D eigenvalue weighted by Gasteiger charge is 2.20. The molecule has 22 heavy (non-hydrogen) atoms. The molecule has 4 nitrogen and oxygen atoms in total. The van der Waals surface area contributed by atoms with Crippen molar-refractivity contribution in [1.82, 2.24) is 9.78 Å². The van der Waals surface area contributed by atoms with Crippen LogP contribution in [-0.2, 0) is 11.3 Å². The molecule has 1 amide bonds. The van der Waals surface area contributed by atoms with E-state index in [1.165, 1.54) is 26.2 Å². The Labute approximate surface area is 139 Å². The first-order chi connectivity index (χ1) is 10.5. The van der Waals surface area contributed by atoms with Crippen molar-refractivity contribution in [2.24, 2.45) is 5.92 Å². The summed E-state index contributed by atoms with van der Waals surface area (Å²) in [5.41, 5.74) is 3.99. The van der Waals surface area contributed by atoms with Crippen molar-refractivity contribution < 1.29 is 4.79 Å². The molecule has 1 heterocycles. The van der Waals surface area contributed by atoms with Crippen molar-refractivity contribution in [3.63, 3.8) is 0 Å². The highest BCUT2D eigenvalue weighted by molar-refractivity contribution is 9.10. The number of hydrogen-bond donors (Lipinski definition) is 1. The normalized spacial score (nSPS) is 14.7. The summed E-state index contributed by atoms with van der Waals surface area (Å²) in [4.78, 5) is 11.5. The van der Waals surface area contributed by atoms with Crippen LogP contribution in [0.4, 0.5) is 5.69 Å². The maximum atomic E-state index is 11.5. The van der Waals surface area contributed by atoms with Crippen LogP contribution in [0, 0.1) is 12.8 Å². The molecule has 0 spiro atoms. The van der Waals surface area contributed by atoms with Crippen LogP contribution >= 0.6 is 15.9 Å². The number of carbonyl (C=O) groups excluding carboxylic acids is 1. The number of nitrogens with zero attached hydrogens (tertiary/aromatic N) is 2. The third-order valence-electron chi connectivity index (χ3n) is 4.26. The van der Waals surface area contributed by atoms with E-state index in [-0.39, 0.29) is 5.91 Å². The first-order valence-corrected chi connectivity index (χ1v) is 8.44. The van der Waals surface area contributed by atoms with Crippen LogP contribution in [0.5, 0.6) is 0 Å². The highest BCUT2D eigenvalue weighted by Crippen LogP contribution is 2.35. The van der Waals surface area contributed by atoms with Gasteiger partial charge in [0.1, 0.15) is 0 Å². The molecule has 0 aliphatic heterocycles. The quantitative estimate of drug-likeness (QED) is 0.878. The summed E-state index contributed by atoms with van der Waals surface area (Å²) in [7, 11) is 0. The van der Waals surface area contributed by atoms with E-state index in [4.69, 9.17) is 0 Å². The van der Waals surface area contributed by atoms with E-state index >= 15 is 0 Å². The number of nitrogens with one attached hydrogen (secondary N) is 1. The van der Waals surface area contributed by atoms with Gasteiger partial charge < -0.3 is 5.32 Å². The molecular weight excluding hydrogens is 342 g/mol. The second-order valence-electron chi connectivity index (χ2n) is 6.02. The second kappa shape index (κ2) is 6.24. The molecule has 0 bridgehead atoms. The minimum absolute atomic E-state index is 0.0620. The monoisotopic (exact) mass is 361 g/mol. The third-order valence-corrected chi connectivity index (χ3v) is 5.11. The van der Waals surface area contributed by atoms with Gasteiger partial charge in [-0.05, 0) is 49.4 Å². The first-order valence-electron chi connectivity index (χ1n) is 7.64. The molecule has 1 aliphatic rings. The van der Waals surface area contributed by atoms with Crippen molar-refractivity contribution >= 4 is 27.5 Å². The fraction of sp³-hybridized carbons (Fsp3) is 0.412. The van der Waals surface area contributed by atoms with Crippen LogP contribution in [0.15, 0.2) is 28.9 Å². The maximum absolute atomic E-state index is 11.5. The number of amides is 1. The van der Waals surface area contributed by atoms with E-state index in [2.05, 4.69) is 37.1 Å². The molecule has 1 N–H and O–H groups in total. The molecule has 0 saturated heterocycles. The minimum Gasteiger partial charge on any atom is -0.326 e. The Kier molecular flexibility index (Phi) is 4.34. The van der Waals surface area contributed by atoms with E-state index in [9.17, 15) is 4.79 Å². The average Bonchev–Trinajstić information content (AvgIpc) is 2.85. The van der Waals surface area contributed by atoms with E-state index in [1.54, 1.807) is 0 Å². The molecule has 1 aliphatic carbocycles. The smallest absolute Gasteiger partial charge is 0.221 e. The lowest BCUT2D eigenvalue weighted by molar-refractivity contribution is -0.114. The third kappa shape index (κ3) is 3.09. The molecule has 1 saturated carbocycles. The van der Waals surface area contributed by atoms with Crippen LogP contribution in [0.3, 0.4) is 0 Å². The molecule has 116 valence electrons. The molecule has 5 heteroatoms. The summed E-state index contributed by atoms with van der Waals surface area (Å²) in [5, 5.41) is 7.41. The number of halogens is 1. The second-order valence-corrected chi connectivity index (χ2v) is 6.88. The fourth-order valence-corrected chi connectivity index (χ4v) is 3.16. The first kappa shape index (κ1) is 15.3. The predicted octanol–water partition coefficient (Wildman–Crippen LogP) is 4.38. The van der Waals surface area contributed by atoms with E-state index in [0.717, 1.165) is 39.4 Å². The number of benzene rings is 1. The Morgan fingerprint density at radius 1 is 1.45 bits per heavy atom. The van der Waals surface area contributed by atoms with Gasteiger partial charge in [-0.15, -0.1) is 0 Å². The highest BCUT2D eigenvalue weighted by atomic mass is 79.9. The largest absolute Gasteiger partial charge is 0.326 e. The molecule has 1 aromatic heterocycles. The molecule has 1 aromatic carbocycles. The Balaban J connectivity index is 2.01. The number of hydrogen-bond acceptors (Lipinski definition) is 2. The summed E-state index contributed by atoms with van der Waals surface area (Å²) in [6.07, 6.45) is 5.73. The summed E-state index contributed by atoms with van der Waals surface area (Å²) in [5.74, 6) is 0.671. The zero-order chi connectivity index (χ0) is 15.7. The number of aromatic nitrogens is 2. The van der Waals surface area contributed by atoms with Crippen LogP contribution in [0.1, 0.15) is 31.7 Å². The lowest BCUT2D eigenvalue weighted by Gasteiger charge is -2.26. The van der Waals surface area contributed by atoms with Gasteiger partial charge in [-0.25, -0.2) is 0 Å². The number of anilines is 1.